The molecule has 0 aromatic heterocycles. The fourth-order valence-electron chi connectivity index (χ4n) is 5.37. The molecule has 0 spiro atoms. The normalized spacial score (nSPS) is 10.9. The number of halogens is 2. The zero-order valence-electron chi connectivity index (χ0n) is 23.0. The van der Waals surface area contributed by atoms with Crippen LogP contribution in [0.4, 0.5) is 0 Å². The van der Waals surface area contributed by atoms with Crippen molar-refractivity contribution in [2.45, 2.75) is 26.2 Å². The molecule has 0 saturated heterocycles. The Bertz CT molecular complexity index is 1650. The van der Waals surface area contributed by atoms with Gasteiger partial charge in [0.05, 0.1) is 9.52 Å². The van der Waals surface area contributed by atoms with Gasteiger partial charge in [-0.25, -0.2) is 0 Å². The fraction of sp³-hybridized carbons (Fsp3) is 0.108. The second kappa shape index (κ2) is 15.0. The molecule has 0 N–H and O–H groups in total. The van der Waals surface area contributed by atoms with Gasteiger partial charge in [0.1, 0.15) is 0 Å². The Balaban J connectivity index is 0.000000175. The number of benzene rings is 5. The first-order chi connectivity index (χ1) is 20.2. The molecule has 0 amide bonds. The molecule has 0 bridgehead atoms. The van der Waals surface area contributed by atoms with Crippen LogP contribution in [-0.4, -0.2) is 9.52 Å². The topological polar surface area (TPSA) is 0 Å². The van der Waals surface area contributed by atoms with E-state index in [1.165, 1.54) is 79.4 Å². The summed E-state index contributed by atoms with van der Waals surface area (Å²) in [5.74, 6) is 0. The van der Waals surface area contributed by atoms with Gasteiger partial charge in [-0.3, -0.25) is 0 Å². The zero-order valence-corrected chi connectivity index (χ0v) is 28.0. The maximum Gasteiger partial charge on any atom is 0.0920 e. The van der Waals surface area contributed by atoms with E-state index in [1.807, 2.05) is 6.07 Å². The Hall–Kier alpha value is -2.61. The summed E-state index contributed by atoms with van der Waals surface area (Å²) in [5.41, 5.74) is 9.46. The van der Waals surface area contributed by atoms with Crippen LogP contribution in [0.5, 0.6) is 0 Å². The van der Waals surface area contributed by atoms with Crippen molar-refractivity contribution in [1.82, 2.24) is 0 Å². The molecule has 6 aromatic carbocycles. The number of hydrogen-bond donors (Lipinski definition) is 0. The number of hydrogen-bond acceptors (Lipinski definition) is 0. The molecule has 1 heterocycles. The van der Waals surface area contributed by atoms with Crippen molar-refractivity contribution < 1.29 is 20.8 Å². The molecule has 1 aliphatic heterocycles. The molecule has 0 saturated carbocycles. The van der Waals surface area contributed by atoms with Crippen LogP contribution in [0.25, 0.3) is 44.2 Å². The molecule has 2 radical (unpaired) electrons. The van der Waals surface area contributed by atoms with Crippen LogP contribution in [0.2, 0.25) is 0 Å². The minimum atomic E-state index is -0.826. The summed E-state index contributed by atoms with van der Waals surface area (Å²) in [5, 5.41) is 5.55. The molecule has 41 heavy (non-hydrogen) atoms. The smallest absolute Gasteiger partial charge is 0.0920 e. The van der Waals surface area contributed by atoms with E-state index in [2.05, 4.69) is 134 Å². The van der Waals surface area contributed by atoms with Crippen molar-refractivity contribution in [2.24, 2.45) is 0 Å². The third kappa shape index (κ3) is 7.25. The predicted octanol–water partition coefficient (Wildman–Crippen LogP) is 9.73. The van der Waals surface area contributed by atoms with Gasteiger partial charge in [0.25, 0.3) is 0 Å². The summed E-state index contributed by atoms with van der Waals surface area (Å²) in [4.78, 5) is 0. The molecule has 0 aliphatic carbocycles. The summed E-state index contributed by atoms with van der Waals surface area (Å²) >= 11 is -0.826. The van der Waals surface area contributed by atoms with Gasteiger partial charge >= 0.3 is 37.9 Å². The average Bonchev–Trinajstić information content (AvgIpc) is 3.62. The van der Waals surface area contributed by atoms with Gasteiger partial charge in [0.15, 0.2) is 0 Å². The van der Waals surface area contributed by atoms with E-state index in [0.717, 1.165) is 9.52 Å². The van der Waals surface area contributed by atoms with Gasteiger partial charge in [-0.05, 0) is 23.1 Å². The number of rotatable bonds is 5. The molecule has 4 heteroatoms. The van der Waals surface area contributed by atoms with E-state index in [1.54, 1.807) is 0 Å². The third-order valence-electron chi connectivity index (χ3n) is 7.25. The van der Waals surface area contributed by atoms with Crippen molar-refractivity contribution in [2.75, 3.05) is 0 Å². The Morgan fingerprint density at radius 3 is 2.12 bits per heavy atom. The SMILES string of the molecule is CCCCc1cc2c(-c3ccccc3)c(-c3ccccc3)ccc2[cH-]1.[Cl][Zr+2][Cl].[c-]1cccc2c1[Si]c1ccccc1-2. The second-order valence-electron chi connectivity index (χ2n) is 9.89. The summed E-state index contributed by atoms with van der Waals surface area (Å²) < 4.78 is 0. The van der Waals surface area contributed by atoms with Crippen LogP contribution >= 0.6 is 17.0 Å². The average molecular weight is 665 g/mol. The first-order valence-corrected chi connectivity index (χ1v) is 21.2. The standard InChI is InChI=1S/C25H23.C12H7Si.2ClH.Zr/c1-2-3-10-19-17-22-15-16-23(20-11-6-4-7-12-20)25(24(22)18-19)21-13-8-5-9-14-21;1-3-7-11-9(5-1)10-6-2-4-8-12(10)13-11;;;/h4-9,11-18H,2-3,10H2,1H3;1-7H;2*1H;/q2*-1;;;+4/p-2. The van der Waals surface area contributed by atoms with Crippen LogP contribution in [0.1, 0.15) is 25.3 Å². The Labute approximate surface area is 265 Å². The van der Waals surface area contributed by atoms with Crippen molar-refractivity contribution >= 4 is 47.7 Å². The summed E-state index contributed by atoms with van der Waals surface area (Å²) in [6.45, 7) is 2.26. The van der Waals surface area contributed by atoms with Crippen molar-refractivity contribution in [1.29, 1.82) is 0 Å². The van der Waals surface area contributed by atoms with Crippen molar-refractivity contribution in [3.63, 3.8) is 0 Å². The first kappa shape index (κ1) is 29.9. The molecule has 200 valence electrons. The minimum absolute atomic E-state index is 0.795. The first-order valence-electron chi connectivity index (χ1n) is 13.9. The predicted molar refractivity (Wildman–Crippen MR) is 176 cm³/mol. The zero-order chi connectivity index (χ0) is 28.4. The second-order valence-corrected chi connectivity index (χ2v) is 14.9. The number of aryl methyl sites for hydroxylation is 1. The Kier molecular flexibility index (Phi) is 11.0. The largest absolute Gasteiger partial charge is 0.184 e. The van der Waals surface area contributed by atoms with E-state index in [-0.39, 0.29) is 0 Å². The number of fused-ring (bicyclic) bond motifs is 4. The molecule has 1 aliphatic rings. The van der Waals surface area contributed by atoms with E-state index in [9.17, 15) is 0 Å². The van der Waals surface area contributed by atoms with Gasteiger partial charge in [0, 0.05) is 0 Å². The third-order valence-corrected chi connectivity index (χ3v) is 8.62. The van der Waals surface area contributed by atoms with Crippen LogP contribution in [0.15, 0.2) is 127 Å². The van der Waals surface area contributed by atoms with Crippen LogP contribution < -0.4 is 10.4 Å². The molecular weight excluding hydrogens is 635 g/mol. The van der Waals surface area contributed by atoms with Gasteiger partial charge in [-0.1, -0.05) is 127 Å². The maximum absolute atomic E-state index is 4.93. The fourth-order valence-corrected chi connectivity index (χ4v) is 6.68. The van der Waals surface area contributed by atoms with E-state index in [0.29, 0.717) is 0 Å². The molecule has 0 fully saturated rings. The Morgan fingerprint density at radius 2 is 1.39 bits per heavy atom. The molecule has 0 atom stereocenters. The molecule has 6 aromatic rings. The molecule has 7 rings (SSSR count). The summed E-state index contributed by atoms with van der Waals surface area (Å²) in [6, 6.07) is 49.0. The monoisotopic (exact) mass is 662 g/mol. The van der Waals surface area contributed by atoms with Gasteiger partial charge in [0.2, 0.25) is 0 Å². The van der Waals surface area contributed by atoms with Crippen molar-refractivity contribution in [3.05, 3.63) is 139 Å². The van der Waals surface area contributed by atoms with Crippen molar-refractivity contribution in [3.8, 4) is 33.4 Å². The molecular formula is C37H30Cl2SiZr. The maximum atomic E-state index is 4.93. The van der Waals surface area contributed by atoms with E-state index < -0.39 is 20.8 Å². The number of unbranched alkanes of at least 4 members (excludes halogenated alkanes) is 1. The Morgan fingerprint density at radius 1 is 0.732 bits per heavy atom. The van der Waals surface area contributed by atoms with E-state index in [4.69, 9.17) is 17.0 Å². The summed E-state index contributed by atoms with van der Waals surface area (Å²) in [6.07, 6.45) is 3.66. The van der Waals surface area contributed by atoms with Gasteiger partial charge < -0.3 is 0 Å². The van der Waals surface area contributed by atoms with Crippen LogP contribution in [0.3, 0.4) is 0 Å². The van der Waals surface area contributed by atoms with Gasteiger partial charge in [-0.2, -0.15) is 35.5 Å². The minimum Gasteiger partial charge on any atom is -0.184 e. The molecule has 0 unspecified atom stereocenters. The van der Waals surface area contributed by atoms with Crippen LogP contribution in [0, 0.1) is 6.07 Å². The van der Waals surface area contributed by atoms with E-state index >= 15 is 0 Å². The quantitative estimate of drug-likeness (QED) is 0.127. The summed E-state index contributed by atoms with van der Waals surface area (Å²) in [7, 11) is 10.7. The van der Waals surface area contributed by atoms with Gasteiger partial charge in [-0.15, -0.1) is 34.0 Å². The van der Waals surface area contributed by atoms with Crippen LogP contribution in [-0.2, 0) is 27.3 Å². The molecule has 0 nitrogen and oxygen atoms in total.